The number of amides is 2. The van der Waals surface area contributed by atoms with Crippen LogP contribution in [0.25, 0.3) is 20.7 Å². The van der Waals surface area contributed by atoms with Crippen LogP contribution in [0.2, 0.25) is 0 Å². The fourth-order valence-electron chi connectivity index (χ4n) is 3.04. The molecule has 0 radical (unpaired) electrons. The molecule has 7 nitrogen and oxygen atoms in total. The number of aromatic nitrogens is 2. The first-order valence-electron chi connectivity index (χ1n) is 9.21. The molecule has 2 aromatic heterocycles. The van der Waals surface area contributed by atoms with E-state index in [2.05, 4.69) is 15.6 Å². The number of fused-ring (bicyclic) bond motifs is 1. The maximum absolute atomic E-state index is 12.8. The maximum Gasteiger partial charge on any atom is 0.271 e. The molecule has 0 spiro atoms. The second-order valence-corrected chi connectivity index (χ2v) is 7.73. The van der Waals surface area contributed by atoms with Gasteiger partial charge in [0.05, 0.1) is 11.8 Å². The lowest BCUT2D eigenvalue weighted by molar-refractivity contribution is -0.117. The predicted molar refractivity (Wildman–Crippen MR) is 119 cm³/mol. The van der Waals surface area contributed by atoms with Crippen molar-refractivity contribution in [2.75, 3.05) is 10.6 Å². The minimum absolute atomic E-state index is 0.162. The number of nitrogens with zero attached hydrogens (tertiary/aromatic N) is 2. The van der Waals surface area contributed by atoms with E-state index >= 15 is 0 Å². The number of thiophene rings is 1. The van der Waals surface area contributed by atoms with Gasteiger partial charge in [0.1, 0.15) is 11.2 Å². The normalized spacial score (nSPS) is 10.7. The molecular weight excluding hydrogens is 400 g/mol. The summed E-state index contributed by atoms with van der Waals surface area (Å²) in [4.78, 5) is 41.8. The smallest absolute Gasteiger partial charge is 0.271 e. The molecule has 0 unspecified atom stereocenters. The number of benzene rings is 2. The van der Waals surface area contributed by atoms with Gasteiger partial charge < -0.3 is 10.6 Å². The second kappa shape index (κ2) is 8.30. The van der Waals surface area contributed by atoms with Crippen molar-refractivity contribution in [1.82, 2.24) is 9.55 Å². The first-order valence-corrected chi connectivity index (χ1v) is 10.0. The molecule has 2 aromatic carbocycles. The first-order chi connectivity index (χ1) is 14.5. The molecule has 2 heterocycles. The van der Waals surface area contributed by atoms with Gasteiger partial charge in [0, 0.05) is 23.2 Å². The summed E-state index contributed by atoms with van der Waals surface area (Å²) in [5.74, 6) is -0.562. The second-order valence-electron chi connectivity index (χ2n) is 6.68. The summed E-state index contributed by atoms with van der Waals surface area (Å²) < 4.78 is 1.80. The van der Waals surface area contributed by atoms with E-state index in [1.54, 1.807) is 24.3 Å². The molecule has 0 atom stereocenters. The zero-order chi connectivity index (χ0) is 21.1. The van der Waals surface area contributed by atoms with E-state index in [1.807, 2.05) is 36.4 Å². The Kier molecular flexibility index (Phi) is 5.40. The highest BCUT2D eigenvalue weighted by atomic mass is 32.1. The van der Waals surface area contributed by atoms with Crippen LogP contribution < -0.4 is 16.2 Å². The van der Waals surface area contributed by atoms with Gasteiger partial charge in [-0.25, -0.2) is 4.98 Å². The average Bonchev–Trinajstić information content (AvgIpc) is 3.16. The van der Waals surface area contributed by atoms with Crippen LogP contribution in [-0.2, 0) is 16.1 Å². The van der Waals surface area contributed by atoms with Gasteiger partial charge in [-0.2, -0.15) is 0 Å². The number of anilines is 2. The number of rotatable bonds is 5. The Morgan fingerprint density at radius 1 is 1.00 bits per heavy atom. The fraction of sp³-hybridized carbons (Fsp3) is 0.0909. The summed E-state index contributed by atoms with van der Waals surface area (Å²) in [6.07, 6.45) is 1.39. The van der Waals surface area contributed by atoms with E-state index in [-0.39, 0.29) is 23.9 Å². The Balaban J connectivity index is 1.54. The molecule has 8 heteroatoms. The number of hydrogen-bond donors (Lipinski definition) is 2. The SMILES string of the molecule is CC(=O)Nc1cccc(NC(=O)Cn2cnc3cc(-c4ccccc4)sc3c2=O)c1. The zero-order valence-corrected chi connectivity index (χ0v) is 16.9. The minimum Gasteiger partial charge on any atom is -0.326 e. The lowest BCUT2D eigenvalue weighted by Gasteiger charge is -2.09. The summed E-state index contributed by atoms with van der Waals surface area (Å²) in [7, 11) is 0. The third-order valence-electron chi connectivity index (χ3n) is 4.34. The molecule has 30 heavy (non-hydrogen) atoms. The third-order valence-corrected chi connectivity index (χ3v) is 5.50. The lowest BCUT2D eigenvalue weighted by Crippen LogP contribution is -2.27. The number of carbonyl (C=O) groups is 2. The minimum atomic E-state index is -0.363. The average molecular weight is 418 g/mol. The van der Waals surface area contributed by atoms with Crippen molar-refractivity contribution >= 4 is 44.7 Å². The molecule has 0 aliphatic heterocycles. The van der Waals surface area contributed by atoms with Crippen molar-refractivity contribution in [2.45, 2.75) is 13.5 Å². The molecule has 4 aromatic rings. The topological polar surface area (TPSA) is 93.1 Å². The predicted octanol–water partition coefficient (Wildman–Crippen LogP) is 3.72. The van der Waals surface area contributed by atoms with Crippen LogP contribution in [0.15, 0.2) is 71.8 Å². The summed E-state index contributed by atoms with van der Waals surface area (Å²) in [5, 5.41) is 5.40. The van der Waals surface area contributed by atoms with Crippen molar-refractivity contribution < 1.29 is 9.59 Å². The highest BCUT2D eigenvalue weighted by Gasteiger charge is 2.13. The largest absolute Gasteiger partial charge is 0.326 e. The van der Waals surface area contributed by atoms with Crippen LogP contribution in [0.4, 0.5) is 11.4 Å². The Labute approximate surface area is 176 Å². The molecule has 0 aliphatic carbocycles. The van der Waals surface area contributed by atoms with Crippen molar-refractivity contribution in [3.63, 3.8) is 0 Å². The van der Waals surface area contributed by atoms with Gasteiger partial charge in [-0.1, -0.05) is 36.4 Å². The summed E-state index contributed by atoms with van der Waals surface area (Å²) in [5.41, 5.74) is 2.48. The highest BCUT2D eigenvalue weighted by molar-refractivity contribution is 7.22. The van der Waals surface area contributed by atoms with E-state index < -0.39 is 0 Å². The molecule has 2 N–H and O–H groups in total. The van der Waals surface area contributed by atoms with Gasteiger partial charge in [0.15, 0.2) is 0 Å². The quantitative estimate of drug-likeness (QED) is 0.517. The van der Waals surface area contributed by atoms with E-state index in [4.69, 9.17) is 0 Å². The molecule has 2 amide bonds. The Bertz CT molecular complexity index is 1290. The first kappa shape index (κ1) is 19.5. The fourth-order valence-corrected chi connectivity index (χ4v) is 4.10. The van der Waals surface area contributed by atoms with Crippen molar-refractivity contribution in [3.8, 4) is 10.4 Å². The number of nitrogens with one attached hydrogen (secondary N) is 2. The molecule has 0 aliphatic rings. The molecule has 4 rings (SSSR count). The van der Waals surface area contributed by atoms with Crippen molar-refractivity contribution in [2.24, 2.45) is 0 Å². The van der Waals surface area contributed by atoms with Crippen molar-refractivity contribution in [3.05, 3.63) is 77.3 Å². The lowest BCUT2D eigenvalue weighted by atomic mass is 10.2. The summed E-state index contributed by atoms with van der Waals surface area (Å²) in [6, 6.07) is 18.5. The van der Waals surface area contributed by atoms with Crippen LogP contribution >= 0.6 is 11.3 Å². The van der Waals surface area contributed by atoms with Gasteiger partial charge in [-0.3, -0.25) is 19.0 Å². The van der Waals surface area contributed by atoms with Crippen LogP contribution in [0.3, 0.4) is 0 Å². The van der Waals surface area contributed by atoms with Crippen LogP contribution in [0, 0.1) is 0 Å². The van der Waals surface area contributed by atoms with Crippen LogP contribution in [0.5, 0.6) is 0 Å². The summed E-state index contributed by atoms with van der Waals surface area (Å²) in [6.45, 7) is 1.25. The van der Waals surface area contributed by atoms with Crippen molar-refractivity contribution in [1.29, 1.82) is 0 Å². The van der Waals surface area contributed by atoms with Gasteiger partial charge in [0.2, 0.25) is 11.8 Å². The zero-order valence-electron chi connectivity index (χ0n) is 16.1. The molecule has 0 bridgehead atoms. The highest BCUT2D eigenvalue weighted by Crippen LogP contribution is 2.30. The third kappa shape index (κ3) is 4.28. The Hall–Kier alpha value is -3.78. The molecule has 150 valence electrons. The van der Waals surface area contributed by atoms with Gasteiger partial charge >= 0.3 is 0 Å². The summed E-state index contributed by atoms with van der Waals surface area (Å²) >= 11 is 1.36. The number of carbonyl (C=O) groups excluding carboxylic acids is 2. The Morgan fingerprint density at radius 3 is 2.47 bits per heavy atom. The maximum atomic E-state index is 12.8. The molecule has 0 saturated carbocycles. The molecule has 0 saturated heterocycles. The standard InChI is InChI=1S/C22H18N4O3S/c1-14(27)24-16-8-5-9-17(10-16)25-20(28)12-26-13-23-18-11-19(30-21(18)22(26)29)15-6-3-2-4-7-15/h2-11,13H,12H2,1H3,(H,24,27)(H,25,28). The molecule has 0 fully saturated rings. The van der Waals surface area contributed by atoms with Gasteiger partial charge in [-0.05, 0) is 29.8 Å². The number of hydrogen-bond acceptors (Lipinski definition) is 5. The van der Waals surface area contributed by atoms with E-state index in [0.29, 0.717) is 21.6 Å². The van der Waals surface area contributed by atoms with E-state index in [1.165, 1.54) is 29.2 Å². The monoisotopic (exact) mass is 418 g/mol. The van der Waals surface area contributed by atoms with Gasteiger partial charge in [0.25, 0.3) is 5.56 Å². The van der Waals surface area contributed by atoms with Gasteiger partial charge in [-0.15, -0.1) is 11.3 Å². The molecular formula is C22H18N4O3S. The Morgan fingerprint density at radius 2 is 1.73 bits per heavy atom. The van der Waals surface area contributed by atoms with E-state index in [9.17, 15) is 14.4 Å². The van der Waals surface area contributed by atoms with Crippen LogP contribution in [-0.4, -0.2) is 21.4 Å². The van der Waals surface area contributed by atoms with E-state index in [0.717, 1.165) is 10.4 Å². The van der Waals surface area contributed by atoms with Crippen LogP contribution in [0.1, 0.15) is 6.92 Å².